The van der Waals surface area contributed by atoms with Crippen molar-refractivity contribution in [3.8, 4) is 0 Å². The minimum Gasteiger partial charge on any atom is -1.00 e. The summed E-state index contributed by atoms with van der Waals surface area (Å²) in [7, 11) is 3.89. The third-order valence-corrected chi connectivity index (χ3v) is 3.06. The Bertz CT molecular complexity index is 507. The lowest BCUT2D eigenvalue weighted by Gasteiger charge is -2.14. The fourth-order valence-electron chi connectivity index (χ4n) is 2.10. The molecule has 108 valence electrons. The maximum Gasteiger partial charge on any atom is 0.283 e. The molecule has 5 heteroatoms. The van der Waals surface area contributed by atoms with E-state index in [1.54, 1.807) is 6.34 Å². The summed E-state index contributed by atoms with van der Waals surface area (Å²) in [6.45, 7) is 1.34. The SMILES string of the molecule is C[N+](C)=CN=C1CCCN1CC(=O)c1ccccc1.[Br-]. The molecule has 2 rings (SSSR count). The van der Waals surface area contributed by atoms with Gasteiger partial charge in [-0.1, -0.05) is 30.3 Å². The standard InChI is InChI=1S/C15H20N3O.BrH/c1-17(2)12-16-15-9-6-10-18(15)11-14(19)13-7-4-3-5-8-13;/h3-5,7-8,12H,6,9-11H2,1-2H3;1H/q+1;/p-1. The molecule has 0 aliphatic carbocycles. The molecule has 0 saturated carbocycles. The predicted molar refractivity (Wildman–Crippen MR) is 77.2 cm³/mol. The number of carbonyl (C=O) groups excluding carboxylic acids is 1. The first-order valence-corrected chi connectivity index (χ1v) is 6.56. The Labute approximate surface area is 130 Å². The summed E-state index contributed by atoms with van der Waals surface area (Å²) in [4.78, 5) is 18.7. The smallest absolute Gasteiger partial charge is 0.283 e. The Balaban J connectivity index is 0.00000200. The molecule has 1 aromatic carbocycles. The zero-order valence-electron chi connectivity index (χ0n) is 11.9. The Hall–Kier alpha value is -1.49. The monoisotopic (exact) mass is 337 g/mol. The van der Waals surface area contributed by atoms with Crippen molar-refractivity contribution in [2.45, 2.75) is 12.8 Å². The van der Waals surface area contributed by atoms with E-state index in [9.17, 15) is 4.79 Å². The van der Waals surface area contributed by atoms with E-state index in [-0.39, 0.29) is 22.8 Å². The number of likely N-dealkylation sites (tertiary alicyclic amines) is 1. The largest absolute Gasteiger partial charge is 1.00 e. The van der Waals surface area contributed by atoms with Crippen LogP contribution in [0, 0.1) is 0 Å². The van der Waals surface area contributed by atoms with Gasteiger partial charge in [0.15, 0.2) is 5.78 Å². The fraction of sp³-hybridized carbons (Fsp3) is 0.400. The normalized spacial score (nSPS) is 15.9. The van der Waals surface area contributed by atoms with Crippen molar-refractivity contribution in [2.75, 3.05) is 27.2 Å². The number of nitrogens with zero attached hydrogens (tertiary/aromatic N) is 3. The minimum atomic E-state index is 0. The van der Waals surface area contributed by atoms with E-state index in [0.717, 1.165) is 30.8 Å². The molecule has 1 fully saturated rings. The average Bonchev–Trinajstić information content (AvgIpc) is 2.84. The van der Waals surface area contributed by atoms with Gasteiger partial charge in [0.05, 0.1) is 20.6 Å². The van der Waals surface area contributed by atoms with Crippen LogP contribution in [0.15, 0.2) is 35.3 Å². The third-order valence-electron chi connectivity index (χ3n) is 3.06. The molecule has 0 unspecified atom stereocenters. The van der Waals surface area contributed by atoms with Gasteiger partial charge < -0.3 is 21.9 Å². The summed E-state index contributed by atoms with van der Waals surface area (Å²) in [5.74, 6) is 1.16. The van der Waals surface area contributed by atoms with Crippen molar-refractivity contribution >= 4 is 18.0 Å². The van der Waals surface area contributed by atoms with Crippen molar-refractivity contribution in [3.05, 3.63) is 35.9 Å². The van der Waals surface area contributed by atoms with E-state index in [1.165, 1.54) is 0 Å². The van der Waals surface area contributed by atoms with Crippen LogP contribution < -0.4 is 17.0 Å². The molecule has 20 heavy (non-hydrogen) atoms. The molecule has 0 atom stereocenters. The quantitative estimate of drug-likeness (QED) is 0.295. The molecule has 1 aliphatic heterocycles. The van der Waals surface area contributed by atoms with Crippen LogP contribution in [0.25, 0.3) is 0 Å². The first kappa shape index (κ1) is 16.6. The Morgan fingerprint density at radius 3 is 2.70 bits per heavy atom. The van der Waals surface area contributed by atoms with Gasteiger partial charge in [0.1, 0.15) is 0 Å². The number of carbonyl (C=O) groups is 1. The number of aliphatic imine (C=N–C) groups is 1. The minimum absolute atomic E-state index is 0. The maximum absolute atomic E-state index is 12.2. The summed E-state index contributed by atoms with van der Waals surface area (Å²) < 4.78 is 1.91. The first-order valence-electron chi connectivity index (χ1n) is 6.56. The Morgan fingerprint density at radius 2 is 2.05 bits per heavy atom. The zero-order valence-corrected chi connectivity index (χ0v) is 13.5. The zero-order chi connectivity index (χ0) is 13.7. The predicted octanol–water partition coefficient (Wildman–Crippen LogP) is -1.33. The number of hydrogen-bond acceptors (Lipinski definition) is 1. The number of benzene rings is 1. The molecule has 0 amide bonds. The van der Waals surface area contributed by atoms with Crippen LogP contribution >= 0.6 is 0 Å². The van der Waals surface area contributed by atoms with E-state index in [2.05, 4.69) is 9.89 Å². The van der Waals surface area contributed by atoms with Gasteiger partial charge in [-0.05, 0) is 11.4 Å². The lowest BCUT2D eigenvalue weighted by Crippen LogP contribution is -3.00. The van der Waals surface area contributed by atoms with Gasteiger partial charge >= 0.3 is 0 Å². The van der Waals surface area contributed by atoms with Gasteiger partial charge in [-0.25, -0.2) is 0 Å². The van der Waals surface area contributed by atoms with Crippen LogP contribution in [0.3, 0.4) is 0 Å². The van der Waals surface area contributed by atoms with Crippen LogP contribution in [-0.2, 0) is 0 Å². The molecular formula is C15H20BrN3O. The summed E-state index contributed by atoms with van der Waals surface area (Å²) in [5.41, 5.74) is 0.769. The van der Waals surface area contributed by atoms with Crippen molar-refractivity contribution in [1.29, 1.82) is 0 Å². The number of ketones is 1. The molecule has 0 N–H and O–H groups in total. The van der Waals surface area contributed by atoms with Crippen LogP contribution in [0.4, 0.5) is 0 Å². The number of Topliss-reactive ketones (excluding diaryl/α,β-unsaturated/α-hetero) is 1. The summed E-state index contributed by atoms with van der Waals surface area (Å²) in [6, 6.07) is 9.44. The van der Waals surface area contributed by atoms with Crippen LogP contribution in [0.1, 0.15) is 23.2 Å². The van der Waals surface area contributed by atoms with Gasteiger partial charge in [-0.2, -0.15) is 0 Å². The second-order valence-electron chi connectivity index (χ2n) is 4.94. The second-order valence-corrected chi connectivity index (χ2v) is 4.94. The van der Waals surface area contributed by atoms with Gasteiger partial charge in [0.2, 0.25) is 5.84 Å². The second kappa shape index (κ2) is 7.94. The molecule has 4 nitrogen and oxygen atoms in total. The van der Waals surface area contributed by atoms with Crippen LogP contribution in [0.2, 0.25) is 0 Å². The Morgan fingerprint density at radius 1 is 1.35 bits per heavy atom. The van der Waals surface area contributed by atoms with Crippen LogP contribution in [0.5, 0.6) is 0 Å². The molecule has 0 aromatic heterocycles. The van der Waals surface area contributed by atoms with Gasteiger partial charge in [-0.3, -0.25) is 9.37 Å². The highest BCUT2D eigenvalue weighted by molar-refractivity contribution is 6.00. The molecule has 1 saturated heterocycles. The van der Waals surface area contributed by atoms with Gasteiger partial charge in [-0.15, -0.1) is 0 Å². The lowest BCUT2D eigenvalue weighted by molar-refractivity contribution is -0.460. The molecule has 1 heterocycles. The number of rotatable bonds is 4. The first-order chi connectivity index (χ1) is 9.16. The molecule has 0 bridgehead atoms. The van der Waals surface area contributed by atoms with Crippen LogP contribution in [-0.4, -0.2) is 54.6 Å². The average molecular weight is 338 g/mol. The van der Waals surface area contributed by atoms with E-state index in [1.807, 2.05) is 49.0 Å². The van der Waals surface area contributed by atoms with Gasteiger partial charge in [0, 0.05) is 18.5 Å². The molecule has 0 spiro atoms. The van der Waals surface area contributed by atoms with Crippen molar-refractivity contribution < 1.29 is 26.4 Å². The topological polar surface area (TPSA) is 35.7 Å². The summed E-state index contributed by atoms with van der Waals surface area (Å²) in [5, 5.41) is 0. The van der Waals surface area contributed by atoms with Crippen molar-refractivity contribution in [3.63, 3.8) is 0 Å². The van der Waals surface area contributed by atoms with E-state index in [4.69, 9.17) is 0 Å². The molecule has 1 aliphatic rings. The number of amidine groups is 1. The fourth-order valence-corrected chi connectivity index (χ4v) is 2.10. The third kappa shape index (κ3) is 4.56. The maximum atomic E-state index is 12.2. The highest BCUT2D eigenvalue weighted by Gasteiger charge is 2.24. The number of hydrogen-bond donors (Lipinski definition) is 0. The molecule has 1 aromatic rings. The van der Waals surface area contributed by atoms with Crippen molar-refractivity contribution in [2.24, 2.45) is 4.99 Å². The number of halogens is 1. The van der Waals surface area contributed by atoms with Gasteiger partial charge in [0.25, 0.3) is 6.34 Å². The highest BCUT2D eigenvalue weighted by Crippen LogP contribution is 2.12. The lowest BCUT2D eigenvalue weighted by atomic mass is 10.1. The molecule has 0 radical (unpaired) electrons. The van der Waals surface area contributed by atoms with Crippen molar-refractivity contribution in [1.82, 2.24) is 4.90 Å². The Kier molecular flexibility index (Phi) is 6.58. The van der Waals surface area contributed by atoms with E-state index < -0.39 is 0 Å². The highest BCUT2D eigenvalue weighted by atomic mass is 79.9. The summed E-state index contributed by atoms with van der Waals surface area (Å²) >= 11 is 0. The van der Waals surface area contributed by atoms with E-state index >= 15 is 0 Å². The van der Waals surface area contributed by atoms with E-state index in [0.29, 0.717) is 6.54 Å². The summed E-state index contributed by atoms with van der Waals surface area (Å²) in [6.07, 6.45) is 3.81. The molecular weight excluding hydrogens is 318 g/mol.